The summed E-state index contributed by atoms with van der Waals surface area (Å²) in [5, 5.41) is 7.46. The molecule has 0 saturated carbocycles. The summed E-state index contributed by atoms with van der Waals surface area (Å²) in [4.78, 5) is 2.54. The Kier molecular flexibility index (Phi) is 7.48. The summed E-state index contributed by atoms with van der Waals surface area (Å²) in [6, 6.07) is 76.4. The number of hydrogen-bond donors (Lipinski definition) is 0. The van der Waals surface area contributed by atoms with Crippen molar-refractivity contribution >= 4 is 76.8 Å². The molecule has 3 aromatic heterocycles. The lowest BCUT2D eigenvalue weighted by molar-refractivity contribution is 0.745. The third kappa shape index (κ3) is 5.05. The molecule has 2 unspecified atom stereocenters. The van der Waals surface area contributed by atoms with Crippen LogP contribution in [0.15, 0.2) is 231 Å². The monoisotopic (exact) mass is 816 g/mol. The first kappa shape index (κ1) is 35.3. The molecule has 0 saturated heterocycles. The van der Waals surface area contributed by atoms with E-state index in [0.717, 1.165) is 17.1 Å². The van der Waals surface area contributed by atoms with E-state index < -0.39 is 0 Å². The van der Waals surface area contributed by atoms with Gasteiger partial charge in [0.05, 0.1) is 39.1 Å². The molecule has 12 aromatic rings. The maximum Gasteiger partial charge on any atom is 0.0629 e. The number of aromatic nitrogens is 3. The molecule has 0 radical (unpaired) electrons. The minimum absolute atomic E-state index is 0.234. The average molecular weight is 817 g/mol. The maximum absolute atomic E-state index is 2.54. The van der Waals surface area contributed by atoms with Crippen molar-refractivity contribution in [2.75, 3.05) is 4.90 Å². The first-order chi connectivity index (χ1) is 31.8. The Morgan fingerprint density at radius 3 is 1.34 bits per heavy atom. The van der Waals surface area contributed by atoms with Crippen LogP contribution in [0.1, 0.15) is 11.5 Å². The molecular weight excluding hydrogens is 777 g/mol. The molecule has 2 aliphatic rings. The SMILES string of the molecule is C1=CC2c3ccccc3N(c3ccc4c(c3)c3cc(-c5ccc6c(c5)c5cc(-n7c8ccccc8c8ccccc87)ccc5n6-c5ccccc5)ccc3n4-c3ccccc3)C2C=C1. The van der Waals surface area contributed by atoms with Crippen molar-refractivity contribution in [1.29, 1.82) is 0 Å². The second kappa shape index (κ2) is 13.6. The van der Waals surface area contributed by atoms with Gasteiger partial charge in [-0.15, -0.1) is 0 Å². The Labute approximate surface area is 370 Å². The Bertz CT molecular complexity index is 3860. The van der Waals surface area contributed by atoms with Crippen LogP contribution in [0.25, 0.3) is 93.6 Å². The molecule has 4 nitrogen and oxygen atoms in total. The number of allylic oxidation sites excluding steroid dienone is 2. The molecule has 300 valence electrons. The van der Waals surface area contributed by atoms with Crippen LogP contribution < -0.4 is 4.90 Å². The highest BCUT2D eigenvalue weighted by atomic mass is 15.2. The lowest BCUT2D eigenvalue weighted by atomic mass is 9.91. The first-order valence-electron chi connectivity index (χ1n) is 22.3. The van der Waals surface area contributed by atoms with Crippen LogP contribution in [0.5, 0.6) is 0 Å². The number of fused-ring (bicyclic) bond motifs is 12. The van der Waals surface area contributed by atoms with E-state index in [4.69, 9.17) is 0 Å². The lowest BCUT2D eigenvalue weighted by Gasteiger charge is -2.28. The van der Waals surface area contributed by atoms with E-state index in [0.29, 0.717) is 5.92 Å². The molecule has 0 fully saturated rings. The third-order valence-corrected chi connectivity index (χ3v) is 13.9. The van der Waals surface area contributed by atoms with Gasteiger partial charge in [0, 0.05) is 66.7 Å². The van der Waals surface area contributed by atoms with E-state index in [1.54, 1.807) is 0 Å². The summed E-state index contributed by atoms with van der Waals surface area (Å²) in [6.07, 6.45) is 9.11. The average Bonchev–Trinajstić information content (AvgIpc) is 4.09. The molecule has 14 rings (SSSR count). The fourth-order valence-electron chi connectivity index (χ4n) is 11.2. The fraction of sp³-hybridized carbons (Fsp3) is 0.0333. The summed E-state index contributed by atoms with van der Waals surface area (Å²) in [7, 11) is 0. The smallest absolute Gasteiger partial charge is 0.0629 e. The minimum Gasteiger partial charge on any atom is -0.333 e. The molecular formula is C60H40N4. The Balaban J connectivity index is 0.982. The van der Waals surface area contributed by atoms with Crippen molar-refractivity contribution in [2.45, 2.75) is 12.0 Å². The molecule has 2 atom stereocenters. The standard InChI is InChI=1S/C60H40N4/c1-3-15-41(16-4-1)61-57-31-27-39(35-49(57)51-37-43(29-33-59(51)61)63-53-23-11-7-19-45(53)46-20-8-12-24-54(46)63)40-28-32-58-50(36-40)52-38-44(30-34-60(52)62(58)42-17-5-2-6-18-42)64-55-25-13-9-21-47(55)48-22-10-14-26-56(48)64/h1-38,45,53H. The van der Waals surface area contributed by atoms with Gasteiger partial charge < -0.3 is 18.6 Å². The van der Waals surface area contributed by atoms with Crippen molar-refractivity contribution in [1.82, 2.24) is 13.7 Å². The topological polar surface area (TPSA) is 18.0 Å². The van der Waals surface area contributed by atoms with E-state index in [9.17, 15) is 0 Å². The second-order valence-electron chi connectivity index (χ2n) is 17.3. The Morgan fingerprint density at radius 2 is 0.734 bits per heavy atom. The van der Waals surface area contributed by atoms with Gasteiger partial charge in [0.2, 0.25) is 0 Å². The largest absolute Gasteiger partial charge is 0.333 e. The summed E-state index contributed by atoms with van der Waals surface area (Å²) in [5.74, 6) is 0.329. The molecule has 0 amide bonds. The molecule has 4 heteroatoms. The molecule has 0 spiro atoms. The Morgan fingerprint density at radius 1 is 0.297 bits per heavy atom. The normalized spacial score (nSPS) is 15.7. The predicted molar refractivity (Wildman–Crippen MR) is 268 cm³/mol. The summed E-state index contributed by atoms with van der Waals surface area (Å²) in [5.41, 5.74) is 16.9. The number of hydrogen-bond acceptors (Lipinski definition) is 1. The number of anilines is 2. The summed E-state index contributed by atoms with van der Waals surface area (Å²) < 4.78 is 7.27. The van der Waals surface area contributed by atoms with Gasteiger partial charge in [-0.1, -0.05) is 127 Å². The third-order valence-electron chi connectivity index (χ3n) is 13.9. The van der Waals surface area contributed by atoms with Gasteiger partial charge in [-0.2, -0.15) is 0 Å². The quantitative estimate of drug-likeness (QED) is 0.169. The van der Waals surface area contributed by atoms with E-state index in [-0.39, 0.29) is 6.04 Å². The van der Waals surface area contributed by atoms with Gasteiger partial charge in [0.1, 0.15) is 0 Å². The molecule has 1 aliphatic carbocycles. The van der Waals surface area contributed by atoms with Crippen LogP contribution in [0.4, 0.5) is 11.4 Å². The van der Waals surface area contributed by atoms with Crippen molar-refractivity contribution in [3.8, 4) is 28.2 Å². The molecule has 9 aromatic carbocycles. The fourth-order valence-corrected chi connectivity index (χ4v) is 11.2. The number of rotatable bonds is 5. The highest BCUT2D eigenvalue weighted by Crippen LogP contribution is 2.49. The Hall–Kier alpha value is -8.34. The molecule has 0 N–H and O–H groups in total. The molecule has 4 heterocycles. The number of para-hydroxylation sites is 5. The van der Waals surface area contributed by atoms with Gasteiger partial charge >= 0.3 is 0 Å². The highest BCUT2D eigenvalue weighted by molar-refractivity contribution is 6.15. The molecule has 64 heavy (non-hydrogen) atoms. The van der Waals surface area contributed by atoms with E-state index in [1.165, 1.54) is 93.5 Å². The van der Waals surface area contributed by atoms with E-state index in [1.807, 2.05) is 0 Å². The lowest BCUT2D eigenvalue weighted by Crippen LogP contribution is -2.28. The van der Waals surface area contributed by atoms with Crippen molar-refractivity contribution in [2.24, 2.45) is 0 Å². The van der Waals surface area contributed by atoms with E-state index >= 15 is 0 Å². The number of nitrogens with zero attached hydrogens (tertiary/aromatic N) is 4. The van der Waals surface area contributed by atoms with E-state index in [2.05, 4.69) is 249 Å². The predicted octanol–water partition coefficient (Wildman–Crippen LogP) is 15.4. The van der Waals surface area contributed by atoms with Gasteiger partial charge in [0.15, 0.2) is 0 Å². The van der Waals surface area contributed by atoms with Crippen LogP contribution in [-0.4, -0.2) is 19.7 Å². The summed E-state index contributed by atoms with van der Waals surface area (Å²) >= 11 is 0. The zero-order chi connectivity index (χ0) is 41.9. The maximum atomic E-state index is 2.54. The van der Waals surface area contributed by atoms with Gasteiger partial charge in [0.25, 0.3) is 0 Å². The van der Waals surface area contributed by atoms with Crippen LogP contribution in [0.3, 0.4) is 0 Å². The van der Waals surface area contributed by atoms with Gasteiger partial charge in [-0.05, 0) is 120 Å². The summed E-state index contributed by atoms with van der Waals surface area (Å²) in [6.45, 7) is 0. The van der Waals surface area contributed by atoms with Crippen LogP contribution in [-0.2, 0) is 0 Å². The van der Waals surface area contributed by atoms with Crippen LogP contribution in [0.2, 0.25) is 0 Å². The van der Waals surface area contributed by atoms with Crippen LogP contribution >= 0.6 is 0 Å². The van der Waals surface area contributed by atoms with Gasteiger partial charge in [-0.3, -0.25) is 0 Å². The molecule has 0 bridgehead atoms. The zero-order valence-corrected chi connectivity index (χ0v) is 34.9. The zero-order valence-electron chi connectivity index (χ0n) is 34.9. The second-order valence-corrected chi connectivity index (χ2v) is 17.3. The van der Waals surface area contributed by atoms with Crippen molar-refractivity contribution in [3.63, 3.8) is 0 Å². The highest BCUT2D eigenvalue weighted by Gasteiger charge is 2.37. The molecule has 1 aliphatic heterocycles. The van der Waals surface area contributed by atoms with Gasteiger partial charge in [-0.25, -0.2) is 0 Å². The minimum atomic E-state index is 0.234. The number of benzene rings is 9. The van der Waals surface area contributed by atoms with Crippen molar-refractivity contribution < 1.29 is 0 Å². The first-order valence-corrected chi connectivity index (χ1v) is 22.3. The van der Waals surface area contributed by atoms with Crippen LogP contribution in [0, 0.1) is 0 Å². The van der Waals surface area contributed by atoms with Crippen molar-refractivity contribution in [3.05, 3.63) is 236 Å².